The molecular formula is C13H18N2O. The molecular weight excluding hydrogens is 200 g/mol. The van der Waals surface area contributed by atoms with Crippen LogP contribution in [-0.4, -0.2) is 13.1 Å². The summed E-state index contributed by atoms with van der Waals surface area (Å²) in [4.78, 5) is 13.1. The van der Waals surface area contributed by atoms with Gasteiger partial charge in [-0.05, 0) is 36.1 Å². The number of rotatable bonds is 4. The van der Waals surface area contributed by atoms with Crippen molar-refractivity contribution < 1.29 is 0 Å². The van der Waals surface area contributed by atoms with Crippen LogP contribution in [-0.2, 0) is 6.42 Å². The van der Waals surface area contributed by atoms with Gasteiger partial charge in [-0.1, -0.05) is 25.5 Å². The van der Waals surface area contributed by atoms with Gasteiger partial charge in [0, 0.05) is 13.1 Å². The lowest BCUT2D eigenvalue weighted by Crippen LogP contribution is -2.30. The summed E-state index contributed by atoms with van der Waals surface area (Å²) in [6.45, 7) is 4.28. The third-order valence-corrected chi connectivity index (χ3v) is 3.17. The monoisotopic (exact) mass is 218 g/mol. The van der Waals surface area contributed by atoms with Crippen molar-refractivity contribution in [3.63, 3.8) is 0 Å². The largest absolute Gasteiger partial charge is 0.369 e. The van der Waals surface area contributed by atoms with Crippen LogP contribution in [0, 0.1) is 4.91 Å². The normalized spacial score (nSPS) is 14.7. The number of para-hydroxylation sites is 1. The second-order valence-electron chi connectivity index (χ2n) is 4.32. The molecule has 0 aromatic heterocycles. The van der Waals surface area contributed by atoms with Crippen molar-refractivity contribution in [3.05, 3.63) is 28.7 Å². The minimum Gasteiger partial charge on any atom is -0.369 e. The molecule has 0 N–H and O–H groups in total. The predicted molar refractivity (Wildman–Crippen MR) is 67.3 cm³/mol. The fourth-order valence-corrected chi connectivity index (χ4v) is 2.36. The van der Waals surface area contributed by atoms with Crippen molar-refractivity contribution >= 4 is 11.4 Å². The van der Waals surface area contributed by atoms with E-state index in [0.717, 1.165) is 25.2 Å². The molecule has 0 bridgehead atoms. The molecule has 0 unspecified atom stereocenters. The van der Waals surface area contributed by atoms with Crippen LogP contribution in [0.4, 0.5) is 11.4 Å². The highest BCUT2D eigenvalue weighted by Gasteiger charge is 2.19. The zero-order valence-electron chi connectivity index (χ0n) is 9.78. The lowest BCUT2D eigenvalue weighted by atomic mass is 10.00. The van der Waals surface area contributed by atoms with Gasteiger partial charge in [-0.25, -0.2) is 0 Å². The van der Waals surface area contributed by atoms with Crippen molar-refractivity contribution in [1.29, 1.82) is 0 Å². The van der Waals surface area contributed by atoms with Gasteiger partial charge in [0.1, 0.15) is 5.69 Å². The molecule has 1 heterocycles. The van der Waals surface area contributed by atoms with E-state index in [2.05, 4.69) is 23.1 Å². The maximum Gasteiger partial charge on any atom is 0.131 e. The van der Waals surface area contributed by atoms with Crippen molar-refractivity contribution in [2.24, 2.45) is 5.18 Å². The number of nitrogens with zero attached hydrogens (tertiary/aromatic N) is 2. The Labute approximate surface area is 96.4 Å². The minimum atomic E-state index is 0.605. The van der Waals surface area contributed by atoms with Crippen LogP contribution in [0.15, 0.2) is 23.4 Å². The van der Waals surface area contributed by atoms with E-state index in [1.807, 2.05) is 12.1 Å². The number of hydrogen-bond donors (Lipinski definition) is 0. The van der Waals surface area contributed by atoms with Crippen LogP contribution in [0.3, 0.4) is 0 Å². The maximum atomic E-state index is 10.8. The Kier molecular flexibility index (Phi) is 3.54. The summed E-state index contributed by atoms with van der Waals surface area (Å²) < 4.78 is 0. The first kappa shape index (κ1) is 11.1. The molecule has 16 heavy (non-hydrogen) atoms. The Hall–Kier alpha value is -1.38. The molecule has 0 amide bonds. The van der Waals surface area contributed by atoms with Crippen LogP contribution < -0.4 is 4.90 Å². The highest BCUT2D eigenvalue weighted by Crippen LogP contribution is 2.36. The number of aryl methyl sites for hydroxylation is 1. The summed E-state index contributed by atoms with van der Waals surface area (Å²) >= 11 is 0. The summed E-state index contributed by atoms with van der Waals surface area (Å²) in [5.41, 5.74) is 2.96. The zero-order chi connectivity index (χ0) is 11.4. The number of hydrogen-bond acceptors (Lipinski definition) is 3. The van der Waals surface area contributed by atoms with Gasteiger partial charge in [0.2, 0.25) is 0 Å². The van der Waals surface area contributed by atoms with Crippen molar-refractivity contribution in [1.82, 2.24) is 0 Å². The van der Waals surface area contributed by atoms with Crippen LogP contribution in [0.5, 0.6) is 0 Å². The highest BCUT2D eigenvalue weighted by molar-refractivity contribution is 5.72. The Morgan fingerprint density at radius 1 is 1.44 bits per heavy atom. The smallest absolute Gasteiger partial charge is 0.131 e. The summed E-state index contributed by atoms with van der Waals surface area (Å²) in [7, 11) is 0. The van der Waals surface area contributed by atoms with Gasteiger partial charge in [-0.15, -0.1) is 4.91 Å². The standard InChI is InChI=1S/C13H18N2O/c1-2-3-9-15-10-5-7-11-6-4-8-12(14-16)13(11)15/h4,6,8H,2-3,5,7,9-10H2,1H3. The van der Waals surface area contributed by atoms with E-state index in [-0.39, 0.29) is 0 Å². The van der Waals surface area contributed by atoms with Crippen molar-refractivity contribution in [3.8, 4) is 0 Å². The van der Waals surface area contributed by atoms with Crippen LogP contribution >= 0.6 is 0 Å². The second-order valence-corrected chi connectivity index (χ2v) is 4.32. The van der Waals surface area contributed by atoms with Crippen LogP contribution in [0.2, 0.25) is 0 Å². The lowest BCUT2D eigenvalue weighted by molar-refractivity contribution is 0.659. The zero-order valence-corrected chi connectivity index (χ0v) is 9.78. The molecule has 3 heteroatoms. The van der Waals surface area contributed by atoms with E-state index in [1.165, 1.54) is 24.8 Å². The third-order valence-electron chi connectivity index (χ3n) is 3.17. The summed E-state index contributed by atoms with van der Waals surface area (Å²) in [6.07, 6.45) is 4.61. The number of unbranched alkanes of at least 4 members (excludes halogenated alkanes) is 1. The average molecular weight is 218 g/mol. The van der Waals surface area contributed by atoms with E-state index in [9.17, 15) is 4.91 Å². The first-order chi connectivity index (χ1) is 7.86. The molecule has 0 radical (unpaired) electrons. The van der Waals surface area contributed by atoms with E-state index in [4.69, 9.17) is 0 Å². The molecule has 1 aromatic carbocycles. The summed E-state index contributed by atoms with van der Waals surface area (Å²) in [6, 6.07) is 5.86. The minimum absolute atomic E-state index is 0.605. The van der Waals surface area contributed by atoms with E-state index in [1.54, 1.807) is 0 Å². The van der Waals surface area contributed by atoms with Gasteiger partial charge in [0.15, 0.2) is 0 Å². The molecule has 0 saturated carbocycles. The molecule has 0 spiro atoms. The Morgan fingerprint density at radius 3 is 3.06 bits per heavy atom. The second kappa shape index (κ2) is 5.10. The quantitative estimate of drug-likeness (QED) is 0.723. The van der Waals surface area contributed by atoms with Gasteiger partial charge in [0.05, 0.1) is 5.69 Å². The van der Waals surface area contributed by atoms with Crippen LogP contribution in [0.25, 0.3) is 0 Å². The van der Waals surface area contributed by atoms with E-state index < -0.39 is 0 Å². The van der Waals surface area contributed by atoms with Crippen molar-refractivity contribution in [2.45, 2.75) is 32.6 Å². The number of fused-ring (bicyclic) bond motifs is 1. The molecule has 0 fully saturated rings. The molecule has 1 aromatic rings. The fraction of sp³-hybridized carbons (Fsp3) is 0.538. The van der Waals surface area contributed by atoms with Gasteiger partial charge in [0.25, 0.3) is 0 Å². The summed E-state index contributed by atoms with van der Waals surface area (Å²) in [5, 5.41) is 3.15. The average Bonchev–Trinajstić information content (AvgIpc) is 2.35. The fourth-order valence-electron chi connectivity index (χ4n) is 2.36. The molecule has 3 nitrogen and oxygen atoms in total. The SMILES string of the molecule is CCCCN1CCCc2cccc(N=O)c21. The van der Waals surface area contributed by atoms with Gasteiger partial charge >= 0.3 is 0 Å². The van der Waals surface area contributed by atoms with E-state index in [0.29, 0.717) is 5.69 Å². The molecule has 1 aliphatic rings. The first-order valence-corrected chi connectivity index (χ1v) is 6.07. The first-order valence-electron chi connectivity index (χ1n) is 6.07. The Bertz CT molecular complexity index is 376. The van der Waals surface area contributed by atoms with Crippen molar-refractivity contribution in [2.75, 3.05) is 18.0 Å². The number of anilines is 1. The van der Waals surface area contributed by atoms with E-state index >= 15 is 0 Å². The predicted octanol–water partition coefficient (Wildman–Crippen LogP) is 3.64. The molecule has 0 saturated heterocycles. The van der Waals surface area contributed by atoms with Gasteiger partial charge in [-0.2, -0.15) is 0 Å². The molecule has 0 atom stereocenters. The third kappa shape index (κ3) is 2.08. The Morgan fingerprint density at radius 2 is 2.31 bits per heavy atom. The Balaban J connectivity index is 2.31. The lowest BCUT2D eigenvalue weighted by Gasteiger charge is -2.31. The topological polar surface area (TPSA) is 32.7 Å². The molecule has 0 aliphatic carbocycles. The summed E-state index contributed by atoms with van der Waals surface area (Å²) in [5.74, 6) is 0. The van der Waals surface area contributed by atoms with Crippen LogP contribution in [0.1, 0.15) is 31.7 Å². The number of nitroso groups, excluding NO2 is 1. The number of benzene rings is 1. The van der Waals surface area contributed by atoms with Gasteiger partial charge < -0.3 is 4.90 Å². The maximum absolute atomic E-state index is 10.8. The molecule has 2 rings (SSSR count). The molecule has 1 aliphatic heterocycles. The highest BCUT2D eigenvalue weighted by atomic mass is 16.3. The van der Waals surface area contributed by atoms with Gasteiger partial charge in [-0.3, -0.25) is 0 Å². The molecule has 86 valence electrons.